The summed E-state index contributed by atoms with van der Waals surface area (Å²) in [6, 6.07) is 3.93. The predicted molar refractivity (Wildman–Crippen MR) is 93.1 cm³/mol. The van der Waals surface area contributed by atoms with E-state index in [2.05, 4.69) is 20.4 Å². The van der Waals surface area contributed by atoms with Gasteiger partial charge in [-0.3, -0.25) is 4.68 Å². The smallest absolute Gasteiger partial charge is 0.141 e. The Morgan fingerprint density at radius 1 is 1.29 bits per heavy atom. The quantitative estimate of drug-likeness (QED) is 0.722. The third-order valence-corrected chi connectivity index (χ3v) is 3.67. The normalized spacial score (nSPS) is 12.3. The van der Waals surface area contributed by atoms with Crippen LogP contribution < -0.4 is 10.1 Å². The topological polar surface area (TPSA) is 85.1 Å². The van der Waals surface area contributed by atoms with Crippen molar-refractivity contribution in [3.63, 3.8) is 0 Å². The molecule has 1 atom stereocenters. The van der Waals surface area contributed by atoms with Crippen LogP contribution >= 0.6 is 0 Å². The molecule has 0 radical (unpaired) electrons. The van der Waals surface area contributed by atoms with Crippen LogP contribution in [0.5, 0.6) is 5.75 Å². The number of aryl methyl sites for hydroxylation is 1. The predicted octanol–water partition coefficient (Wildman–Crippen LogP) is 2.22. The number of anilines is 1. The van der Waals surface area contributed by atoms with Gasteiger partial charge in [-0.25, -0.2) is 9.97 Å². The maximum absolute atomic E-state index is 9.35. The largest absolute Gasteiger partial charge is 0.487 e. The second-order valence-electron chi connectivity index (χ2n) is 5.63. The summed E-state index contributed by atoms with van der Waals surface area (Å²) in [5.41, 5.74) is 2.71. The van der Waals surface area contributed by atoms with Crippen molar-refractivity contribution in [3.8, 4) is 16.9 Å². The molecule has 2 heterocycles. The third kappa shape index (κ3) is 3.16. The first kappa shape index (κ1) is 16.2. The van der Waals surface area contributed by atoms with Gasteiger partial charge in [0.05, 0.1) is 23.7 Å². The first-order valence-corrected chi connectivity index (χ1v) is 7.91. The van der Waals surface area contributed by atoms with Gasteiger partial charge in [-0.05, 0) is 31.5 Å². The van der Waals surface area contributed by atoms with Gasteiger partial charge >= 0.3 is 0 Å². The molecule has 2 N–H and O–H groups in total. The van der Waals surface area contributed by atoms with E-state index >= 15 is 0 Å². The number of aliphatic hydroxyl groups is 1. The van der Waals surface area contributed by atoms with Gasteiger partial charge < -0.3 is 15.2 Å². The Morgan fingerprint density at radius 3 is 2.79 bits per heavy atom. The Bertz CT molecular complexity index is 846. The average molecular weight is 327 g/mol. The van der Waals surface area contributed by atoms with Crippen LogP contribution in [0.3, 0.4) is 0 Å². The van der Waals surface area contributed by atoms with E-state index in [0.29, 0.717) is 5.75 Å². The fourth-order valence-corrected chi connectivity index (χ4v) is 2.54. The van der Waals surface area contributed by atoms with Crippen molar-refractivity contribution in [1.82, 2.24) is 19.7 Å². The summed E-state index contributed by atoms with van der Waals surface area (Å²) < 4.78 is 7.69. The molecule has 2 aromatic heterocycles. The molecule has 126 valence electrons. The Labute approximate surface area is 140 Å². The molecule has 0 saturated carbocycles. The van der Waals surface area contributed by atoms with E-state index in [1.165, 1.54) is 6.33 Å². The second-order valence-corrected chi connectivity index (χ2v) is 5.63. The zero-order chi connectivity index (χ0) is 17.1. The van der Waals surface area contributed by atoms with Gasteiger partial charge in [0.2, 0.25) is 0 Å². The molecule has 0 bridgehead atoms. The van der Waals surface area contributed by atoms with Crippen molar-refractivity contribution in [2.45, 2.75) is 20.0 Å². The number of aliphatic hydroxyl groups excluding tert-OH is 1. The highest BCUT2D eigenvalue weighted by Gasteiger charge is 2.15. The van der Waals surface area contributed by atoms with Gasteiger partial charge in [0.25, 0.3) is 0 Å². The third-order valence-electron chi connectivity index (χ3n) is 3.67. The van der Waals surface area contributed by atoms with Gasteiger partial charge in [0, 0.05) is 25.4 Å². The first-order valence-electron chi connectivity index (χ1n) is 7.91. The number of fused-ring (bicyclic) bond motifs is 1. The number of nitrogens with zero attached hydrogens (tertiary/aromatic N) is 4. The fraction of sp³-hybridized carbons (Fsp3) is 0.353. The highest BCUT2D eigenvalue weighted by Crippen LogP contribution is 2.35. The summed E-state index contributed by atoms with van der Waals surface area (Å²) in [5.74, 6) is 1.37. The van der Waals surface area contributed by atoms with Gasteiger partial charge in [0.15, 0.2) is 0 Å². The number of rotatable bonds is 6. The van der Waals surface area contributed by atoms with E-state index < -0.39 is 0 Å². The highest BCUT2D eigenvalue weighted by molar-refractivity contribution is 5.97. The molecule has 0 spiro atoms. The van der Waals surface area contributed by atoms with Crippen LogP contribution in [-0.2, 0) is 7.05 Å². The lowest BCUT2D eigenvalue weighted by Crippen LogP contribution is -2.16. The van der Waals surface area contributed by atoms with Gasteiger partial charge in [-0.2, -0.15) is 5.10 Å². The van der Waals surface area contributed by atoms with Crippen LogP contribution in [0.15, 0.2) is 30.9 Å². The summed E-state index contributed by atoms with van der Waals surface area (Å²) in [5, 5.41) is 17.6. The average Bonchev–Trinajstić information content (AvgIpc) is 3.01. The molecule has 0 unspecified atom stereocenters. The minimum atomic E-state index is -0.327. The monoisotopic (exact) mass is 327 g/mol. The molecule has 3 aromatic rings. The molecular formula is C17H21N5O2. The Kier molecular flexibility index (Phi) is 4.61. The van der Waals surface area contributed by atoms with Gasteiger partial charge in [-0.1, -0.05) is 0 Å². The van der Waals surface area contributed by atoms with E-state index in [0.717, 1.165) is 34.4 Å². The van der Waals surface area contributed by atoms with E-state index in [-0.39, 0.29) is 12.7 Å². The number of hydrogen-bond donors (Lipinski definition) is 2. The van der Waals surface area contributed by atoms with Crippen molar-refractivity contribution in [1.29, 1.82) is 0 Å². The summed E-state index contributed by atoms with van der Waals surface area (Å²) in [6.45, 7) is 4.50. The van der Waals surface area contributed by atoms with E-state index in [1.807, 2.05) is 39.2 Å². The van der Waals surface area contributed by atoms with E-state index in [1.54, 1.807) is 10.9 Å². The lowest BCUT2D eigenvalue weighted by atomic mass is 10.1. The SMILES string of the molecule is CCNc1ncnc2cc(-c3cnn(C)c3)cc(O[C@H](C)CO)c12. The summed E-state index contributed by atoms with van der Waals surface area (Å²) in [4.78, 5) is 8.71. The standard InChI is InChI=1S/C17H21N5O2/c1-4-18-17-16-14(19-10-20-17)5-12(13-7-21-22(3)8-13)6-15(16)24-11(2)9-23/h5-8,10-11,23H,4,9H2,1-3H3,(H,18,19,20)/t11-/m1/s1. The second kappa shape index (κ2) is 6.84. The lowest BCUT2D eigenvalue weighted by Gasteiger charge is -2.17. The molecule has 7 heteroatoms. The van der Waals surface area contributed by atoms with Gasteiger partial charge in [-0.15, -0.1) is 0 Å². The lowest BCUT2D eigenvalue weighted by molar-refractivity contribution is 0.131. The van der Waals surface area contributed by atoms with Crippen LogP contribution in [-0.4, -0.2) is 44.1 Å². The summed E-state index contributed by atoms with van der Waals surface area (Å²) in [7, 11) is 1.88. The number of benzene rings is 1. The van der Waals surface area contributed by atoms with Crippen molar-refractivity contribution < 1.29 is 9.84 Å². The summed E-state index contributed by atoms with van der Waals surface area (Å²) >= 11 is 0. The fourth-order valence-electron chi connectivity index (χ4n) is 2.54. The molecule has 0 aliphatic carbocycles. The van der Waals surface area contributed by atoms with Gasteiger partial charge in [0.1, 0.15) is 24.0 Å². The number of aromatic nitrogens is 4. The zero-order valence-corrected chi connectivity index (χ0v) is 14.0. The maximum Gasteiger partial charge on any atom is 0.141 e. The molecule has 0 saturated heterocycles. The van der Waals surface area contributed by atoms with Crippen LogP contribution in [0.25, 0.3) is 22.0 Å². The molecule has 0 aliphatic rings. The Hall–Kier alpha value is -2.67. The van der Waals surface area contributed by atoms with Crippen molar-refractivity contribution >= 4 is 16.7 Å². The van der Waals surface area contributed by atoms with E-state index in [4.69, 9.17) is 4.74 Å². The van der Waals surface area contributed by atoms with Crippen molar-refractivity contribution in [2.24, 2.45) is 7.05 Å². The maximum atomic E-state index is 9.35. The molecule has 7 nitrogen and oxygen atoms in total. The Morgan fingerprint density at radius 2 is 2.12 bits per heavy atom. The van der Waals surface area contributed by atoms with Crippen molar-refractivity contribution in [2.75, 3.05) is 18.5 Å². The van der Waals surface area contributed by atoms with Crippen LogP contribution in [0.1, 0.15) is 13.8 Å². The van der Waals surface area contributed by atoms with Crippen LogP contribution in [0, 0.1) is 0 Å². The van der Waals surface area contributed by atoms with E-state index in [9.17, 15) is 5.11 Å². The summed E-state index contributed by atoms with van der Waals surface area (Å²) in [6.07, 6.45) is 4.94. The molecule has 24 heavy (non-hydrogen) atoms. The van der Waals surface area contributed by atoms with Crippen LogP contribution in [0.2, 0.25) is 0 Å². The zero-order valence-electron chi connectivity index (χ0n) is 14.0. The number of nitrogens with one attached hydrogen (secondary N) is 1. The molecule has 3 rings (SSSR count). The first-order chi connectivity index (χ1) is 11.6. The molecule has 0 aliphatic heterocycles. The van der Waals surface area contributed by atoms with Crippen LogP contribution in [0.4, 0.5) is 5.82 Å². The molecule has 0 amide bonds. The number of hydrogen-bond acceptors (Lipinski definition) is 6. The number of ether oxygens (including phenoxy) is 1. The molecule has 1 aromatic carbocycles. The molecular weight excluding hydrogens is 306 g/mol. The highest BCUT2D eigenvalue weighted by atomic mass is 16.5. The van der Waals surface area contributed by atoms with Crippen molar-refractivity contribution in [3.05, 3.63) is 30.9 Å². The molecule has 0 fully saturated rings. The Balaban J connectivity index is 2.20. The minimum absolute atomic E-state index is 0.0666. The minimum Gasteiger partial charge on any atom is -0.487 e.